The normalized spacial score (nSPS) is 21.5. The zero-order chi connectivity index (χ0) is 12.3. The summed E-state index contributed by atoms with van der Waals surface area (Å²) in [5, 5.41) is 12.7. The van der Waals surface area contributed by atoms with E-state index in [4.69, 9.17) is 0 Å². The average Bonchev–Trinajstić information content (AvgIpc) is 2.28. The molecule has 5 heteroatoms. The quantitative estimate of drug-likeness (QED) is 0.812. The molecule has 1 fully saturated rings. The predicted molar refractivity (Wildman–Crippen MR) is 66.8 cm³/mol. The van der Waals surface area contributed by atoms with E-state index in [0.717, 1.165) is 43.3 Å². The van der Waals surface area contributed by atoms with Gasteiger partial charge in [-0.25, -0.2) is 9.97 Å². The van der Waals surface area contributed by atoms with E-state index >= 15 is 0 Å². The zero-order valence-corrected chi connectivity index (χ0v) is 10.5. The molecular weight excluding hydrogens is 216 g/mol. The maximum atomic E-state index is 9.62. The Bertz CT molecular complexity index is 383. The van der Waals surface area contributed by atoms with Gasteiger partial charge >= 0.3 is 0 Å². The Morgan fingerprint density at radius 2 is 2.35 bits per heavy atom. The van der Waals surface area contributed by atoms with Gasteiger partial charge in [-0.05, 0) is 26.3 Å². The highest BCUT2D eigenvalue weighted by Gasteiger charge is 2.18. The first-order valence-corrected chi connectivity index (χ1v) is 6.10. The summed E-state index contributed by atoms with van der Waals surface area (Å²) in [5.74, 6) is 1.67. The lowest BCUT2D eigenvalue weighted by Gasteiger charge is -2.29. The summed E-state index contributed by atoms with van der Waals surface area (Å²) in [4.78, 5) is 11.1. The number of rotatable bonds is 3. The van der Waals surface area contributed by atoms with E-state index in [1.54, 1.807) is 0 Å². The summed E-state index contributed by atoms with van der Waals surface area (Å²) < 4.78 is 0. The van der Waals surface area contributed by atoms with Crippen molar-refractivity contribution in [3.8, 4) is 0 Å². The molecular formula is C12H20N4O. The van der Waals surface area contributed by atoms with Crippen molar-refractivity contribution in [3.63, 3.8) is 0 Å². The number of aryl methyl sites for hydroxylation is 1. The van der Waals surface area contributed by atoms with Crippen molar-refractivity contribution < 1.29 is 5.11 Å². The number of aliphatic hydroxyl groups is 1. The second-order valence-corrected chi connectivity index (χ2v) is 4.59. The van der Waals surface area contributed by atoms with Crippen LogP contribution in [0, 0.1) is 6.92 Å². The molecule has 0 bridgehead atoms. The van der Waals surface area contributed by atoms with Gasteiger partial charge < -0.3 is 10.4 Å². The van der Waals surface area contributed by atoms with E-state index in [2.05, 4.69) is 20.2 Å². The predicted octanol–water partition coefficient (Wildman–Crippen LogP) is 0.783. The third-order valence-electron chi connectivity index (χ3n) is 3.00. The monoisotopic (exact) mass is 236 g/mol. The van der Waals surface area contributed by atoms with Gasteiger partial charge in [0, 0.05) is 25.4 Å². The minimum absolute atomic E-state index is 0.197. The van der Waals surface area contributed by atoms with Crippen LogP contribution in [0.25, 0.3) is 0 Å². The molecule has 1 saturated heterocycles. The van der Waals surface area contributed by atoms with E-state index in [1.165, 1.54) is 0 Å². The number of aromatic nitrogens is 2. The molecule has 0 aromatic carbocycles. The molecule has 1 aliphatic rings. The second-order valence-electron chi connectivity index (χ2n) is 4.59. The average molecular weight is 236 g/mol. The van der Waals surface area contributed by atoms with Crippen LogP contribution in [0.5, 0.6) is 0 Å². The molecule has 2 N–H and O–H groups in total. The van der Waals surface area contributed by atoms with Crippen LogP contribution >= 0.6 is 0 Å². The summed E-state index contributed by atoms with van der Waals surface area (Å²) in [6.45, 7) is 4.43. The number of hydrogen-bond acceptors (Lipinski definition) is 5. The zero-order valence-electron chi connectivity index (χ0n) is 10.5. The minimum atomic E-state index is -0.197. The van der Waals surface area contributed by atoms with Gasteiger partial charge in [-0.3, -0.25) is 4.90 Å². The fourth-order valence-corrected chi connectivity index (χ4v) is 2.20. The number of β-amino-alcohol motifs (C(OH)–C–C–N with tert-alkyl or cyclic N) is 1. The number of nitrogens with one attached hydrogen (secondary N) is 1. The van der Waals surface area contributed by atoms with Gasteiger partial charge in [0.2, 0.25) is 0 Å². The van der Waals surface area contributed by atoms with Crippen LogP contribution in [0.4, 0.5) is 5.82 Å². The summed E-state index contributed by atoms with van der Waals surface area (Å²) in [6, 6.07) is 1.93. The summed E-state index contributed by atoms with van der Waals surface area (Å²) >= 11 is 0. The molecule has 2 heterocycles. The molecule has 0 radical (unpaired) electrons. The van der Waals surface area contributed by atoms with Crippen molar-refractivity contribution in [1.82, 2.24) is 14.9 Å². The molecule has 1 aromatic rings. The van der Waals surface area contributed by atoms with Crippen molar-refractivity contribution in [1.29, 1.82) is 0 Å². The molecule has 94 valence electrons. The maximum Gasteiger partial charge on any atom is 0.144 e. The minimum Gasteiger partial charge on any atom is -0.392 e. The Morgan fingerprint density at radius 3 is 3.06 bits per heavy atom. The van der Waals surface area contributed by atoms with Crippen molar-refractivity contribution >= 4 is 5.82 Å². The van der Waals surface area contributed by atoms with Crippen LogP contribution in [0.3, 0.4) is 0 Å². The summed E-state index contributed by atoms with van der Waals surface area (Å²) in [5.41, 5.74) is 0.969. The molecule has 17 heavy (non-hydrogen) atoms. The van der Waals surface area contributed by atoms with Crippen LogP contribution in [0.15, 0.2) is 6.07 Å². The van der Waals surface area contributed by atoms with Gasteiger partial charge in [-0.15, -0.1) is 0 Å². The van der Waals surface area contributed by atoms with Crippen LogP contribution in [0.1, 0.15) is 24.4 Å². The van der Waals surface area contributed by atoms with Crippen molar-refractivity contribution in [2.45, 2.75) is 32.4 Å². The number of nitrogens with zero attached hydrogens (tertiary/aromatic N) is 3. The lowest BCUT2D eigenvalue weighted by atomic mass is 10.1. The van der Waals surface area contributed by atoms with E-state index in [-0.39, 0.29) is 6.10 Å². The molecule has 5 nitrogen and oxygen atoms in total. The molecule has 0 spiro atoms. The lowest BCUT2D eigenvalue weighted by molar-refractivity contribution is 0.0655. The number of anilines is 1. The Labute approximate surface area is 102 Å². The van der Waals surface area contributed by atoms with Gasteiger partial charge in [0.25, 0.3) is 0 Å². The standard InChI is InChI=1S/C12H20N4O/c1-9-6-11(13-2)15-12(14-9)8-16-5-3-4-10(17)7-16/h6,10,17H,3-5,7-8H2,1-2H3,(H,13,14,15). The molecule has 1 aromatic heterocycles. The second kappa shape index (κ2) is 5.42. The maximum absolute atomic E-state index is 9.62. The Hall–Kier alpha value is -1.20. The number of hydrogen-bond donors (Lipinski definition) is 2. The van der Waals surface area contributed by atoms with Crippen molar-refractivity contribution in [2.75, 3.05) is 25.5 Å². The summed E-state index contributed by atoms with van der Waals surface area (Å²) in [6.07, 6.45) is 1.76. The third-order valence-corrected chi connectivity index (χ3v) is 3.00. The molecule has 0 saturated carbocycles. The number of piperidine rings is 1. The molecule has 2 rings (SSSR count). The van der Waals surface area contributed by atoms with E-state index in [9.17, 15) is 5.11 Å². The largest absolute Gasteiger partial charge is 0.392 e. The topological polar surface area (TPSA) is 61.3 Å². The van der Waals surface area contributed by atoms with Crippen molar-refractivity contribution in [3.05, 3.63) is 17.6 Å². The van der Waals surface area contributed by atoms with Crippen LogP contribution in [0.2, 0.25) is 0 Å². The summed E-state index contributed by atoms with van der Waals surface area (Å²) in [7, 11) is 1.86. The highest BCUT2D eigenvalue weighted by Crippen LogP contribution is 2.13. The molecule has 1 aliphatic heterocycles. The Kier molecular flexibility index (Phi) is 3.91. The lowest BCUT2D eigenvalue weighted by Crippen LogP contribution is -2.38. The van der Waals surface area contributed by atoms with Gasteiger partial charge in [-0.2, -0.15) is 0 Å². The first kappa shape index (κ1) is 12.3. The Morgan fingerprint density at radius 1 is 1.53 bits per heavy atom. The fraction of sp³-hybridized carbons (Fsp3) is 0.667. The highest BCUT2D eigenvalue weighted by molar-refractivity contribution is 5.34. The van der Waals surface area contributed by atoms with Gasteiger partial charge in [0.1, 0.15) is 11.6 Å². The third kappa shape index (κ3) is 3.38. The first-order valence-electron chi connectivity index (χ1n) is 6.10. The van der Waals surface area contributed by atoms with Gasteiger partial charge in [0.15, 0.2) is 0 Å². The van der Waals surface area contributed by atoms with Crippen LogP contribution < -0.4 is 5.32 Å². The van der Waals surface area contributed by atoms with E-state index in [1.807, 2.05) is 20.0 Å². The molecule has 1 atom stereocenters. The number of aliphatic hydroxyl groups excluding tert-OH is 1. The molecule has 0 aliphatic carbocycles. The van der Waals surface area contributed by atoms with Crippen LogP contribution in [-0.2, 0) is 6.54 Å². The van der Waals surface area contributed by atoms with Gasteiger partial charge in [0.05, 0.1) is 12.6 Å². The number of likely N-dealkylation sites (tertiary alicyclic amines) is 1. The highest BCUT2D eigenvalue weighted by atomic mass is 16.3. The van der Waals surface area contributed by atoms with Crippen molar-refractivity contribution in [2.24, 2.45) is 0 Å². The molecule has 1 unspecified atom stereocenters. The van der Waals surface area contributed by atoms with E-state index < -0.39 is 0 Å². The van der Waals surface area contributed by atoms with Crippen LogP contribution in [-0.4, -0.2) is 46.2 Å². The molecule has 0 amide bonds. The van der Waals surface area contributed by atoms with Gasteiger partial charge in [-0.1, -0.05) is 0 Å². The van der Waals surface area contributed by atoms with E-state index in [0.29, 0.717) is 6.54 Å². The Balaban J connectivity index is 2.04. The smallest absolute Gasteiger partial charge is 0.144 e. The fourth-order valence-electron chi connectivity index (χ4n) is 2.20. The first-order chi connectivity index (χ1) is 8.17. The SMILES string of the molecule is CNc1cc(C)nc(CN2CCCC(O)C2)n1.